The number of nitrogens with zero attached hydrogens (tertiary/aromatic N) is 5. The number of amides is 2. The zero-order chi connectivity index (χ0) is 32.5. The predicted octanol–water partition coefficient (Wildman–Crippen LogP) is 5.75. The fourth-order valence-corrected chi connectivity index (χ4v) is 7.07. The minimum absolute atomic E-state index is 0.0177. The molecule has 7 rings (SSSR count). The fraction of sp³-hybridized carbons (Fsp3) is 0.250. The number of carbonyl (C=O) groups is 2. The van der Waals surface area contributed by atoms with Gasteiger partial charge in [-0.3, -0.25) is 14.5 Å². The quantitative estimate of drug-likeness (QED) is 0.158. The summed E-state index contributed by atoms with van der Waals surface area (Å²) in [4.78, 5) is 27.1. The number of fused-ring (bicyclic) bond motifs is 1. The Balaban J connectivity index is 1.10. The lowest BCUT2D eigenvalue weighted by Gasteiger charge is -2.41. The van der Waals surface area contributed by atoms with Gasteiger partial charge in [0.1, 0.15) is 0 Å². The van der Waals surface area contributed by atoms with Crippen LogP contribution in [0.25, 0.3) is 11.1 Å². The maximum absolute atomic E-state index is 12.9. The number of tetrazole rings is 1. The molecule has 1 fully saturated rings. The molecular formula is C36H33N5O5S. The summed E-state index contributed by atoms with van der Waals surface area (Å²) in [7, 11) is 1.81. The molecule has 1 aromatic heterocycles. The molecule has 238 valence electrons. The molecule has 10 nitrogen and oxygen atoms in total. The average molecular weight is 648 g/mol. The molecule has 0 spiro atoms. The molecule has 11 heteroatoms. The second-order valence-corrected chi connectivity index (χ2v) is 12.8. The highest BCUT2D eigenvalue weighted by molar-refractivity contribution is 7.99. The van der Waals surface area contributed by atoms with Gasteiger partial charge in [-0.05, 0) is 56.4 Å². The number of hydrogen-bond acceptors (Lipinski definition) is 9. The highest BCUT2D eigenvalue weighted by Crippen LogP contribution is 2.43. The number of carbonyl (C=O) groups excluding carboxylic acids is 2. The Labute approximate surface area is 276 Å². The van der Waals surface area contributed by atoms with Crippen LogP contribution in [0, 0.1) is 5.92 Å². The van der Waals surface area contributed by atoms with Gasteiger partial charge < -0.3 is 14.6 Å². The van der Waals surface area contributed by atoms with E-state index in [9.17, 15) is 14.7 Å². The van der Waals surface area contributed by atoms with Crippen LogP contribution in [0.15, 0.2) is 102 Å². The van der Waals surface area contributed by atoms with E-state index >= 15 is 0 Å². The van der Waals surface area contributed by atoms with Crippen LogP contribution in [0.5, 0.6) is 0 Å². The van der Waals surface area contributed by atoms with Crippen molar-refractivity contribution < 1.29 is 24.2 Å². The van der Waals surface area contributed by atoms with Crippen LogP contribution >= 0.6 is 11.8 Å². The van der Waals surface area contributed by atoms with Crippen molar-refractivity contribution in [1.82, 2.24) is 25.1 Å². The number of ether oxygens (including phenoxy) is 2. The van der Waals surface area contributed by atoms with Crippen molar-refractivity contribution >= 4 is 23.6 Å². The number of benzene rings is 4. The molecule has 2 aliphatic rings. The van der Waals surface area contributed by atoms with Gasteiger partial charge in [0, 0.05) is 24.3 Å². The predicted molar refractivity (Wildman–Crippen MR) is 175 cm³/mol. The van der Waals surface area contributed by atoms with Gasteiger partial charge in [0.25, 0.3) is 11.8 Å². The summed E-state index contributed by atoms with van der Waals surface area (Å²) in [6, 6.07) is 30.7. The van der Waals surface area contributed by atoms with Crippen molar-refractivity contribution in [2.45, 2.75) is 43.7 Å². The first kappa shape index (κ1) is 30.9. The lowest BCUT2D eigenvalue weighted by atomic mass is 9.91. The van der Waals surface area contributed by atoms with Crippen molar-refractivity contribution in [2.24, 2.45) is 13.0 Å². The molecule has 5 aromatic rings. The zero-order valence-corrected chi connectivity index (χ0v) is 26.7. The lowest BCUT2D eigenvalue weighted by Crippen LogP contribution is -2.38. The van der Waals surface area contributed by atoms with E-state index in [4.69, 9.17) is 9.47 Å². The van der Waals surface area contributed by atoms with E-state index in [1.165, 1.54) is 4.90 Å². The smallest absolute Gasteiger partial charge is 0.261 e. The molecule has 0 aliphatic carbocycles. The van der Waals surface area contributed by atoms with Crippen molar-refractivity contribution in [3.63, 3.8) is 0 Å². The molecule has 0 saturated carbocycles. The standard InChI is InChI=1S/C36H33N5O5S/c1-22-31(21-47-36-37-38-39-40(36)2)45-35(46-32(22)26-12-10-23(20-42)11-13-26)27-16-14-25(15-17-27)28-7-5-6-24(18-28)19-41-33(43)29-8-3-4-9-30(29)34(41)44/h3-18,22,31-32,35,42H,19-21H2,1-2H3/t22-,31+,32+,35+/m0/s1. The summed E-state index contributed by atoms with van der Waals surface area (Å²) >= 11 is 1.54. The van der Waals surface area contributed by atoms with Crippen molar-refractivity contribution in [3.05, 3.63) is 130 Å². The molecule has 0 radical (unpaired) electrons. The monoisotopic (exact) mass is 647 g/mol. The Bertz CT molecular complexity index is 1880. The minimum Gasteiger partial charge on any atom is -0.392 e. The number of aromatic nitrogens is 4. The normalized spacial score (nSPS) is 20.9. The second-order valence-electron chi connectivity index (χ2n) is 11.8. The van der Waals surface area contributed by atoms with Crippen LogP contribution in [0.3, 0.4) is 0 Å². The Kier molecular flexibility index (Phi) is 8.70. The third kappa shape index (κ3) is 6.22. The largest absolute Gasteiger partial charge is 0.392 e. The molecule has 47 heavy (non-hydrogen) atoms. The zero-order valence-electron chi connectivity index (χ0n) is 25.9. The van der Waals surface area contributed by atoms with Gasteiger partial charge in [-0.1, -0.05) is 97.5 Å². The van der Waals surface area contributed by atoms with Gasteiger partial charge in [0.15, 0.2) is 6.29 Å². The molecule has 1 saturated heterocycles. The van der Waals surface area contributed by atoms with Crippen molar-refractivity contribution in [1.29, 1.82) is 0 Å². The van der Waals surface area contributed by atoms with E-state index in [1.54, 1.807) is 40.7 Å². The van der Waals surface area contributed by atoms with Crippen LogP contribution in [0.1, 0.15) is 62.3 Å². The van der Waals surface area contributed by atoms with E-state index in [1.807, 2.05) is 79.8 Å². The number of thioether (sulfide) groups is 1. The van der Waals surface area contributed by atoms with E-state index in [-0.39, 0.29) is 43.1 Å². The van der Waals surface area contributed by atoms with E-state index in [0.717, 1.165) is 33.4 Å². The molecule has 4 aromatic carbocycles. The van der Waals surface area contributed by atoms with Crippen LogP contribution in [0.4, 0.5) is 0 Å². The molecular weight excluding hydrogens is 614 g/mol. The number of hydrogen-bond donors (Lipinski definition) is 1. The van der Waals surface area contributed by atoms with Crippen molar-refractivity contribution in [2.75, 3.05) is 5.75 Å². The van der Waals surface area contributed by atoms with Gasteiger partial charge in [0.2, 0.25) is 5.16 Å². The number of aliphatic hydroxyl groups is 1. The Morgan fingerprint density at radius 2 is 1.51 bits per heavy atom. The maximum atomic E-state index is 12.9. The Morgan fingerprint density at radius 1 is 0.809 bits per heavy atom. The lowest BCUT2D eigenvalue weighted by molar-refractivity contribution is -0.268. The summed E-state index contributed by atoms with van der Waals surface area (Å²) in [6.07, 6.45) is -0.995. The molecule has 2 amide bonds. The number of aliphatic hydroxyl groups excluding tert-OH is 1. The summed E-state index contributed by atoms with van der Waals surface area (Å²) in [5.74, 6) is 0.131. The summed E-state index contributed by atoms with van der Waals surface area (Å²) in [5.41, 5.74) is 6.46. The van der Waals surface area contributed by atoms with Crippen LogP contribution < -0.4 is 0 Å². The van der Waals surface area contributed by atoms with Crippen LogP contribution in [-0.4, -0.2) is 53.9 Å². The first-order chi connectivity index (χ1) is 22.9. The van der Waals surface area contributed by atoms with Crippen LogP contribution in [0.2, 0.25) is 0 Å². The molecule has 0 unspecified atom stereocenters. The topological polar surface area (TPSA) is 120 Å². The Morgan fingerprint density at radius 3 is 2.17 bits per heavy atom. The van der Waals surface area contributed by atoms with Gasteiger partial charge >= 0.3 is 0 Å². The third-order valence-corrected chi connectivity index (χ3v) is 9.84. The number of rotatable bonds is 9. The maximum Gasteiger partial charge on any atom is 0.261 e. The molecule has 1 N–H and O–H groups in total. The van der Waals surface area contributed by atoms with Gasteiger partial charge in [-0.25, -0.2) is 4.68 Å². The summed E-state index contributed by atoms with van der Waals surface area (Å²) in [6.45, 7) is 2.31. The molecule has 3 heterocycles. The van der Waals surface area contributed by atoms with E-state index in [0.29, 0.717) is 22.0 Å². The van der Waals surface area contributed by atoms with E-state index in [2.05, 4.69) is 22.4 Å². The number of aryl methyl sites for hydroxylation is 1. The molecule has 4 atom stereocenters. The van der Waals surface area contributed by atoms with Gasteiger partial charge in [-0.15, -0.1) is 5.10 Å². The van der Waals surface area contributed by atoms with Gasteiger partial charge in [0.05, 0.1) is 36.5 Å². The first-order valence-electron chi connectivity index (χ1n) is 15.4. The van der Waals surface area contributed by atoms with Crippen molar-refractivity contribution in [3.8, 4) is 11.1 Å². The van der Waals surface area contributed by atoms with Crippen LogP contribution in [-0.2, 0) is 29.7 Å². The van der Waals surface area contributed by atoms with Gasteiger partial charge in [-0.2, -0.15) is 0 Å². The Hall–Kier alpha value is -4.68. The molecule has 0 bridgehead atoms. The highest BCUT2D eigenvalue weighted by atomic mass is 32.2. The third-order valence-electron chi connectivity index (χ3n) is 8.74. The first-order valence-corrected chi connectivity index (χ1v) is 16.4. The summed E-state index contributed by atoms with van der Waals surface area (Å²) < 4.78 is 14.8. The minimum atomic E-state index is -0.605. The number of imide groups is 1. The average Bonchev–Trinajstić information content (AvgIpc) is 3.63. The summed E-state index contributed by atoms with van der Waals surface area (Å²) in [5, 5.41) is 22.0. The fourth-order valence-electron chi connectivity index (χ4n) is 6.06. The SMILES string of the molecule is C[C@H]1[C@@H](CSc2nnnn2C)O[C@@H](c2ccc(-c3cccc(CN4C(=O)c5ccccc5C4=O)c3)cc2)O[C@H]1c1ccc(CO)cc1. The second kappa shape index (κ2) is 13.2. The molecule has 2 aliphatic heterocycles. The van der Waals surface area contributed by atoms with E-state index < -0.39 is 6.29 Å². The highest BCUT2D eigenvalue weighted by Gasteiger charge is 2.39.